The first-order valence-corrected chi connectivity index (χ1v) is 8.12. The molecule has 0 aliphatic carbocycles. The van der Waals surface area contributed by atoms with Gasteiger partial charge in [-0.1, -0.05) is 0 Å². The Hall–Kier alpha value is -0.420. The van der Waals surface area contributed by atoms with E-state index in [1.807, 2.05) is 0 Å². The van der Waals surface area contributed by atoms with Gasteiger partial charge in [-0.15, -0.1) is 0 Å². The molecule has 2 bridgehead atoms. The lowest BCUT2D eigenvalue weighted by atomic mass is 10.1. The van der Waals surface area contributed by atoms with Crippen LogP contribution in [0.15, 0.2) is 0 Å². The first-order valence-electron chi connectivity index (χ1n) is 6.71. The second-order valence-electron chi connectivity index (χ2n) is 5.22. The Kier molecular flexibility index (Phi) is 6.41. The average molecular weight is 335 g/mol. The molecule has 0 radical (unpaired) electrons. The first kappa shape index (κ1) is 18.6. The van der Waals surface area contributed by atoms with Crippen LogP contribution in [0.3, 0.4) is 0 Å². The second kappa shape index (κ2) is 7.23. The van der Waals surface area contributed by atoms with Crippen LogP contribution in [0.25, 0.3) is 0 Å². The van der Waals surface area contributed by atoms with Crippen LogP contribution in [0.4, 0.5) is 13.2 Å². The predicted octanol–water partition coefficient (Wildman–Crippen LogP) is -0.00280. The molecule has 0 aromatic heterocycles. The minimum atomic E-state index is -5.34. The zero-order chi connectivity index (χ0) is 16.1. The van der Waals surface area contributed by atoms with Gasteiger partial charge in [0.25, 0.3) is 0 Å². The number of hydrogen-bond acceptors (Lipinski definition) is 5. The highest BCUT2D eigenvalue weighted by Crippen LogP contribution is 2.23. The van der Waals surface area contributed by atoms with Crippen molar-refractivity contribution in [2.75, 3.05) is 59.5 Å². The van der Waals surface area contributed by atoms with Crippen LogP contribution in [-0.4, -0.2) is 87.9 Å². The number of hydrogen-bond donors (Lipinski definition) is 1. The van der Waals surface area contributed by atoms with Crippen molar-refractivity contribution in [2.24, 2.45) is 0 Å². The molecule has 0 spiro atoms. The Bertz CT molecular complexity index is 406. The third-order valence-corrected chi connectivity index (χ3v) is 4.97. The van der Waals surface area contributed by atoms with Crippen molar-refractivity contribution in [1.29, 1.82) is 0 Å². The number of nitrogens with zero attached hydrogens (tertiary/aromatic N) is 2. The minimum Gasteiger partial charge on any atom is -0.396 e. The highest BCUT2D eigenvalue weighted by atomic mass is 32.2. The molecule has 21 heavy (non-hydrogen) atoms. The van der Waals surface area contributed by atoms with Gasteiger partial charge in [-0.25, -0.2) is 0 Å². The van der Waals surface area contributed by atoms with E-state index in [4.69, 9.17) is 5.11 Å². The van der Waals surface area contributed by atoms with Crippen LogP contribution in [0.1, 0.15) is 6.42 Å². The average Bonchev–Trinajstić information content (AvgIpc) is 2.46. The summed E-state index contributed by atoms with van der Waals surface area (Å²) in [6.07, 6.45) is 0.986. The fraction of sp³-hybridized carbons (Fsp3) is 1.00. The topological polar surface area (TPSA) is 66.8 Å². The van der Waals surface area contributed by atoms with E-state index >= 15 is 0 Å². The summed E-state index contributed by atoms with van der Waals surface area (Å²) in [7, 11) is -4.89. The van der Waals surface area contributed by atoms with E-state index < -0.39 is 15.6 Å². The molecule has 3 aliphatic rings. The van der Waals surface area contributed by atoms with E-state index in [9.17, 15) is 21.6 Å². The van der Waals surface area contributed by atoms with Crippen molar-refractivity contribution in [3.05, 3.63) is 0 Å². The van der Waals surface area contributed by atoms with Crippen molar-refractivity contribution >= 4 is 10.1 Å². The number of rotatable bonds is 4. The largest absolute Gasteiger partial charge is 0.523 e. The molecule has 126 valence electrons. The van der Waals surface area contributed by atoms with Crippen LogP contribution in [-0.2, 0) is 14.3 Å². The standard InChI is InChI=1S/C9H19N2O.C2H3F3O3S/c12-9-1-5-11-6-2-10(3-7-11)4-8-11;1-8-9(6,7)2(3,4)5/h12H,1-9H2;1H3/q+1;. The number of fused-ring (bicyclic) bond motifs is 3. The van der Waals surface area contributed by atoms with E-state index in [0.29, 0.717) is 13.7 Å². The molecule has 6 nitrogen and oxygen atoms in total. The number of aliphatic hydroxyl groups excluding tert-OH is 1. The highest BCUT2D eigenvalue weighted by molar-refractivity contribution is 7.87. The van der Waals surface area contributed by atoms with Gasteiger partial charge >= 0.3 is 15.6 Å². The summed E-state index contributed by atoms with van der Waals surface area (Å²) < 4.78 is 57.1. The fourth-order valence-electron chi connectivity index (χ4n) is 2.57. The van der Waals surface area contributed by atoms with Crippen LogP contribution >= 0.6 is 0 Å². The van der Waals surface area contributed by atoms with Crippen molar-refractivity contribution in [2.45, 2.75) is 11.9 Å². The lowest BCUT2D eigenvalue weighted by Gasteiger charge is -2.50. The maximum Gasteiger partial charge on any atom is 0.523 e. The third kappa shape index (κ3) is 5.06. The molecule has 0 atom stereocenters. The summed E-state index contributed by atoms with van der Waals surface area (Å²) in [5.41, 5.74) is -5.30. The maximum atomic E-state index is 11.1. The molecule has 3 rings (SSSR count). The van der Waals surface area contributed by atoms with E-state index in [-0.39, 0.29) is 0 Å². The van der Waals surface area contributed by atoms with Crippen molar-refractivity contribution in [1.82, 2.24) is 4.90 Å². The van der Waals surface area contributed by atoms with Crippen LogP contribution in [0.5, 0.6) is 0 Å². The quantitative estimate of drug-likeness (QED) is 0.445. The van der Waals surface area contributed by atoms with E-state index in [0.717, 1.165) is 6.42 Å². The Balaban J connectivity index is 0.000000222. The molecular weight excluding hydrogens is 313 g/mol. The summed E-state index contributed by atoms with van der Waals surface area (Å²) in [5, 5.41) is 8.80. The van der Waals surface area contributed by atoms with Crippen molar-refractivity contribution in [3.8, 4) is 0 Å². The number of quaternary nitrogens is 1. The molecular formula is C11H22F3N2O4S+. The van der Waals surface area contributed by atoms with Gasteiger partial charge in [-0.3, -0.25) is 9.08 Å². The molecule has 3 heterocycles. The summed E-state index contributed by atoms with van der Waals surface area (Å²) in [4.78, 5) is 2.55. The van der Waals surface area contributed by atoms with Gasteiger partial charge in [0, 0.05) is 32.7 Å². The minimum absolute atomic E-state index is 0.365. The molecule has 0 amide bonds. The summed E-state index contributed by atoms with van der Waals surface area (Å²) in [6, 6.07) is 0. The van der Waals surface area contributed by atoms with E-state index in [2.05, 4.69) is 9.08 Å². The summed E-state index contributed by atoms with van der Waals surface area (Å²) in [6.45, 7) is 9.37. The molecule has 0 unspecified atom stereocenters. The highest BCUT2D eigenvalue weighted by Gasteiger charge is 2.46. The monoisotopic (exact) mass is 335 g/mol. The molecule has 3 aliphatic heterocycles. The maximum absolute atomic E-state index is 11.1. The number of alkyl halides is 3. The van der Waals surface area contributed by atoms with Gasteiger partial charge in [0.05, 0.1) is 33.3 Å². The molecule has 0 aromatic rings. The van der Waals surface area contributed by atoms with Gasteiger partial charge in [-0.05, 0) is 0 Å². The Labute approximate surface area is 122 Å². The number of piperazine rings is 3. The Morgan fingerprint density at radius 1 is 1.19 bits per heavy atom. The zero-order valence-electron chi connectivity index (χ0n) is 12.0. The smallest absolute Gasteiger partial charge is 0.396 e. The summed E-state index contributed by atoms with van der Waals surface area (Å²) >= 11 is 0. The van der Waals surface area contributed by atoms with Crippen LogP contribution in [0, 0.1) is 0 Å². The first-order chi connectivity index (χ1) is 9.66. The fourth-order valence-corrected chi connectivity index (χ4v) is 2.76. The lowest BCUT2D eigenvalue weighted by molar-refractivity contribution is -0.941. The number of halogens is 3. The van der Waals surface area contributed by atoms with Crippen LogP contribution < -0.4 is 0 Å². The van der Waals surface area contributed by atoms with Crippen LogP contribution in [0.2, 0.25) is 0 Å². The Morgan fingerprint density at radius 2 is 1.67 bits per heavy atom. The van der Waals surface area contributed by atoms with Crippen molar-refractivity contribution < 1.29 is 35.4 Å². The lowest BCUT2D eigenvalue weighted by Crippen LogP contribution is -2.67. The van der Waals surface area contributed by atoms with Gasteiger partial charge in [0.15, 0.2) is 0 Å². The van der Waals surface area contributed by atoms with Gasteiger partial charge in [0.2, 0.25) is 0 Å². The van der Waals surface area contributed by atoms with Gasteiger partial charge in [0.1, 0.15) is 0 Å². The predicted molar refractivity (Wildman–Crippen MR) is 69.9 cm³/mol. The molecule has 3 fully saturated rings. The molecule has 10 heteroatoms. The SMILES string of the molecule is COS(=O)(=O)C(F)(F)F.OCCC[N+]12CCN(CC1)CC2. The van der Waals surface area contributed by atoms with Crippen molar-refractivity contribution in [3.63, 3.8) is 0 Å². The third-order valence-electron chi connectivity index (χ3n) is 3.97. The zero-order valence-corrected chi connectivity index (χ0v) is 12.8. The molecule has 0 saturated carbocycles. The van der Waals surface area contributed by atoms with Gasteiger partial charge < -0.3 is 9.59 Å². The van der Waals surface area contributed by atoms with E-state index in [1.54, 1.807) is 0 Å². The Morgan fingerprint density at radius 3 is 1.95 bits per heavy atom. The molecule has 1 N–H and O–H groups in total. The van der Waals surface area contributed by atoms with E-state index in [1.165, 1.54) is 50.3 Å². The normalized spacial score (nSPS) is 28.9. The molecule has 0 aromatic carbocycles. The van der Waals surface area contributed by atoms with Gasteiger partial charge in [-0.2, -0.15) is 21.6 Å². The molecule has 3 saturated heterocycles. The summed E-state index contributed by atoms with van der Waals surface area (Å²) in [5.74, 6) is 0. The number of aliphatic hydroxyl groups is 1. The second-order valence-corrected chi connectivity index (χ2v) is 6.93.